The van der Waals surface area contributed by atoms with Gasteiger partial charge >= 0.3 is 12.3 Å². The number of hydrogen-bond donors (Lipinski definition) is 2. The van der Waals surface area contributed by atoms with Gasteiger partial charge in [0.1, 0.15) is 5.75 Å². The third-order valence-corrected chi connectivity index (χ3v) is 4.77. The number of amides is 1. The van der Waals surface area contributed by atoms with Gasteiger partial charge in [-0.25, -0.2) is 4.79 Å². The van der Waals surface area contributed by atoms with Crippen LogP contribution in [-0.2, 0) is 11.3 Å². The highest BCUT2D eigenvalue weighted by atomic mass is 19.3. The van der Waals surface area contributed by atoms with Crippen LogP contribution in [0.5, 0.6) is 5.75 Å². The molecule has 1 aliphatic rings. The Morgan fingerprint density at radius 1 is 1.38 bits per heavy atom. The number of carbonyl (C=O) groups excluding carboxylic acids is 1. The molecule has 9 heteroatoms. The molecule has 0 saturated heterocycles. The fraction of sp³-hybridized carbons (Fsp3) is 0.471. The summed E-state index contributed by atoms with van der Waals surface area (Å²) in [6.45, 7) is -0.748. The van der Waals surface area contributed by atoms with E-state index in [0.717, 1.165) is 11.0 Å². The predicted octanol–water partition coefficient (Wildman–Crippen LogP) is 1.60. The number of aromatic nitrogens is 2. The maximum atomic E-state index is 12.7. The van der Waals surface area contributed by atoms with E-state index in [9.17, 15) is 23.2 Å². The number of carbonyl (C=O) groups is 1. The van der Waals surface area contributed by atoms with Crippen LogP contribution in [0.4, 0.5) is 8.78 Å². The lowest BCUT2D eigenvalue weighted by Crippen LogP contribution is -2.52. The summed E-state index contributed by atoms with van der Waals surface area (Å²) in [6.07, 6.45) is 2.06. The van der Waals surface area contributed by atoms with Crippen molar-refractivity contribution in [3.05, 3.63) is 39.0 Å². The van der Waals surface area contributed by atoms with E-state index in [0.29, 0.717) is 19.4 Å². The Hall–Kier alpha value is -2.71. The predicted molar refractivity (Wildman–Crippen MR) is 90.4 cm³/mol. The molecule has 7 nitrogen and oxygen atoms in total. The molecule has 1 aromatic carbocycles. The van der Waals surface area contributed by atoms with Gasteiger partial charge < -0.3 is 15.0 Å². The summed E-state index contributed by atoms with van der Waals surface area (Å²) in [4.78, 5) is 39.9. The first-order valence-electron chi connectivity index (χ1n) is 8.36. The van der Waals surface area contributed by atoms with Crippen LogP contribution in [-0.4, -0.2) is 28.6 Å². The molecule has 0 bridgehead atoms. The van der Waals surface area contributed by atoms with E-state index in [1.165, 1.54) is 18.2 Å². The quantitative estimate of drug-likeness (QED) is 0.811. The molecule has 1 saturated carbocycles. The zero-order valence-electron chi connectivity index (χ0n) is 14.2. The average molecular weight is 367 g/mol. The van der Waals surface area contributed by atoms with Gasteiger partial charge in [-0.2, -0.15) is 8.78 Å². The molecule has 0 radical (unpaired) electrons. The molecule has 26 heavy (non-hydrogen) atoms. The zero-order valence-corrected chi connectivity index (χ0v) is 14.2. The summed E-state index contributed by atoms with van der Waals surface area (Å²) < 4.78 is 29.9. The van der Waals surface area contributed by atoms with Crippen molar-refractivity contribution in [2.75, 3.05) is 6.54 Å². The van der Waals surface area contributed by atoms with Crippen LogP contribution in [0.15, 0.2) is 27.8 Å². The van der Waals surface area contributed by atoms with Crippen molar-refractivity contribution in [2.45, 2.75) is 39.3 Å². The Kier molecular flexibility index (Phi) is 4.80. The Balaban J connectivity index is 2.01. The first-order chi connectivity index (χ1) is 12.4. The van der Waals surface area contributed by atoms with Crippen molar-refractivity contribution < 1.29 is 18.3 Å². The van der Waals surface area contributed by atoms with Crippen LogP contribution >= 0.6 is 0 Å². The summed E-state index contributed by atoms with van der Waals surface area (Å²) >= 11 is 0. The van der Waals surface area contributed by atoms with Crippen molar-refractivity contribution in [3.8, 4) is 5.75 Å². The molecule has 2 N–H and O–H groups in total. The topological polar surface area (TPSA) is 93.2 Å². The van der Waals surface area contributed by atoms with Gasteiger partial charge in [-0.05, 0) is 31.9 Å². The molecule has 0 unspecified atom stereocenters. The second-order valence-corrected chi connectivity index (χ2v) is 6.40. The first kappa shape index (κ1) is 18.1. The van der Waals surface area contributed by atoms with Crippen molar-refractivity contribution in [1.82, 2.24) is 14.9 Å². The number of nitrogens with zero attached hydrogens (tertiary/aromatic N) is 1. The van der Waals surface area contributed by atoms with Gasteiger partial charge in [0.05, 0.1) is 16.3 Å². The Labute approximate surface area is 147 Å². The molecule has 3 rings (SSSR count). The number of halogens is 2. The monoisotopic (exact) mass is 367 g/mol. The number of hydrogen-bond acceptors (Lipinski definition) is 4. The molecule has 2 aromatic rings. The summed E-state index contributed by atoms with van der Waals surface area (Å²) in [5.74, 6) is -0.323. The number of alkyl halides is 2. The highest BCUT2D eigenvalue weighted by Gasteiger charge is 2.44. The minimum absolute atomic E-state index is 0.0156. The molecule has 0 aliphatic heterocycles. The van der Waals surface area contributed by atoms with Crippen LogP contribution in [0, 0.1) is 5.41 Å². The lowest BCUT2D eigenvalue weighted by Gasteiger charge is -2.40. The number of nitrogens with one attached hydrogen (secondary N) is 2. The summed E-state index contributed by atoms with van der Waals surface area (Å²) in [7, 11) is 0. The molecular formula is C17H19F2N3O4. The number of benzene rings is 1. The van der Waals surface area contributed by atoms with Gasteiger partial charge in [-0.15, -0.1) is 0 Å². The largest absolute Gasteiger partial charge is 0.435 e. The molecule has 1 heterocycles. The van der Waals surface area contributed by atoms with E-state index in [2.05, 4.69) is 15.0 Å². The van der Waals surface area contributed by atoms with Gasteiger partial charge in [0.2, 0.25) is 5.91 Å². The van der Waals surface area contributed by atoms with Crippen molar-refractivity contribution >= 4 is 16.8 Å². The van der Waals surface area contributed by atoms with E-state index in [4.69, 9.17) is 0 Å². The molecule has 0 spiro atoms. The molecule has 1 fully saturated rings. The number of rotatable bonds is 6. The lowest BCUT2D eigenvalue weighted by molar-refractivity contribution is -0.137. The lowest BCUT2D eigenvalue weighted by atomic mass is 9.68. The number of H-pyrrole nitrogens is 1. The van der Waals surface area contributed by atoms with Gasteiger partial charge in [-0.3, -0.25) is 14.2 Å². The number of ether oxygens (including phenoxy) is 1. The maximum absolute atomic E-state index is 12.7. The Bertz CT molecular complexity index is 947. The van der Waals surface area contributed by atoms with Gasteiger partial charge in [0, 0.05) is 19.2 Å². The smallest absolute Gasteiger partial charge is 0.387 e. The van der Waals surface area contributed by atoms with Crippen molar-refractivity contribution in [3.63, 3.8) is 0 Å². The molecule has 1 amide bonds. The number of fused-ring (bicyclic) bond motifs is 1. The van der Waals surface area contributed by atoms with E-state index >= 15 is 0 Å². The van der Waals surface area contributed by atoms with Gasteiger partial charge in [0.15, 0.2) is 0 Å². The van der Waals surface area contributed by atoms with Gasteiger partial charge in [0.25, 0.3) is 5.56 Å². The van der Waals surface area contributed by atoms with E-state index < -0.39 is 23.3 Å². The molecular weight excluding hydrogens is 348 g/mol. The third kappa shape index (κ3) is 3.21. The minimum Gasteiger partial charge on any atom is -0.435 e. The minimum atomic E-state index is -3.00. The summed E-state index contributed by atoms with van der Waals surface area (Å²) in [5.41, 5.74) is -1.91. The molecule has 140 valence electrons. The molecule has 0 atom stereocenters. The van der Waals surface area contributed by atoms with Crippen LogP contribution in [0.2, 0.25) is 0 Å². The fourth-order valence-electron chi connectivity index (χ4n) is 3.26. The van der Waals surface area contributed by atoms with Crippen LogP contribution in [0.25, 0.3) is 10.9 Å². The summed E-state index contributed by atoms with van der Waals surface area (Å²) in [5, 5.41) is 2.92. The highest BCUT2D eigenvalue weighted by molar-refractivity contribution is 5.83. The maximum Gasteiger partial charge on any atom is 0.387 e. The second-order valence-electron chi connectivity index (χ2n) is 6.40. The van der Waals surface area contributed by atoms with Crippen molar-refractivity contribution in [2.24, 2.45) is 5.41 Å². The van der Waals surface area contributed by atoms with Crippen molar-refractivity contribution in [1.29, 1.82) is 0 Å². The van der Waals surface area contributed by atoms with E-state index in [-0.39, 0.29) is 29.1 Å². The van der Waals surface area contributed by atoms with E-state index in [1.807, 2.05) is 0 Å². The molecule has 1 aliphatic carbocycles. The third-order valence-electron chi connectivity index (χ3n) is 4.77. The zero-order chi connectivity index (χ0) is 18.9. The first-order valence-corrected chi connectivity index (χ1v) is 8.36. The fourth-order valence-corrected chi connectivity index (χ4v) is 3.26. The van der Waals surface area contributed by atoms with Crippen LogP contribution in [0.1, 0.15) is 26.2 Å². The van der Waals surface area contributed by atoms with Crippen LogP contribution < -0.4 is 21.3 Å². The highest BCUT2D eigenvalue weighted by Crippen LogP contribution is 2.42. The average Bonchev–Trinajstić information content (AvgIpc) is 2.52. The van der Waals surface area contributed by atoms with E-state index in [1.54, 1.807) is 6.92 Å². The van der Waals surface area contributed by atoms with Crippen LogP contribution in [0.3, 0.4) is 0 Å². The normalized spacial score (nSPS) is 15.7. The number of aromatic amines is 1. The summed E-state index contributed by atoms with van der Waals surface area (Å²) in [6, 6.07) is 3.74. The second kappa shape index (κ2) is 6.89. The Morgan fingerprint density at radius 3 is 2.69 bits per heavy atom. The standard InChI is InChI=1S/C17H19F2N3O4/c1-2-20-14(24)17(6-3-7-17)9-22-13(23)11-5-4-10(26-15(18)19)8-12(11)21-16(22)25/h4-5,8,15H,2-3,6-7,9H2,1H3,(H,20,24)(H,21,25). The molecule has 1 aromatic heterocycles. The van der Waals surface area contributed by atoms with Gasteiger partial charge in [-0.1, -0.05) is 6.42 Å². The Morgan fingerprint density at radius 2 is 2.12 bits per heavy atom. The SMILES string of the molecule is CCNC(=O)C1(Cn2c(=O)[nH]c3cc(OC(F)F)ccc3c2=O)CCC1.